The van der Waals surface area contributed by atoms with Crippen molar-refractivity contribution in [2.24, 2.45) is 0 Å². The highest BCUT2D eigenvalue weighted by atomic mass is 35.5. The van der Waals surface area contributed by atoms with Gasteiger partial charge in [-0.3, -0.25) is 0 Å². The number of hydrogen-bond acceptors (Lipinski definition) is 3. The third kappa shape index (κ3) is 10.4. The number of halogens is 1. The first-order valence-corrected chi connectivity index (χ1v) is 7.78. The maximum Gasteiger partial charge on any atom is 0.142 e. The van der Waals surface area contributed by atoms with E-state index in [4.69, 9.17) is 16.7 Å². The van der Waals surface area contributed by atoms with Gasteiger partial charge in [0.15, 0.2) is 0 Å². The molecule has 0 bridgehead atoms. The Bertz CT molecular complexity index is 400. The minimum absolute atomic E-state index is 0.525. The summed E-state index contributed by atoms with van der Waals surface area (Å²) in [7, 11) is 0. The number of hydrogen-bond donors (Lipinski definition) is 3. The molecule has 0 saturated carbocycles. The van der Waals surface area contributed by atoms with Crippen molar-refractivity contribution in [3.8, 4) is 23.7 Å². The van der Waals surface area contributed by atoms with Crippen LogP contribution in [-0.2, 0) is 0 Å². The van der Waals surface area contributed by atoms with E-state index in [0.29, 0.717) is 6.42 Å². The molecule has 4 heteroatoms. The second kappa shape index (κ2) is 12.7. The third-order valence-corrected chi connectivity index (χ3v) is 3.48. The summed E-state index contributed by atoms with van der Waals surface area (Å²) in [5, 5.41) is 28.1. The van der Waals surface area contributed by atoms with Crippen LogP contribution in [0, 0.1) is 23.7 Å². The summed E-state index contributed by atoms with van der Waals surface area (Å²) in [6.45, 7) is 5.52. The molecule has 0 rings (SSSR count). The number of aliphatic hydroxyl groups is 3. The lowest BCUT2D eigenvalue weighted by molar-refractivity contribution is 0.0497. The van der Waals surface area contributed by atoms with Crippen molar-refractivity contribution in [2.75, 3.05) is 0 Å². The molecule has 0 fully saturated rings. The van der Waals surface area contributed by atoms with Crippen LogP contribution in [0.4, 0.5) is 0 Å². The molecule has 0 aliphatic carbocycles. The van der Waals surface area contributed by atoms with E-state index in [-0.39, 0.29) is 0 Å². The molecule has 0 aromatic carbocycles. The van der Waals surface area contributed by atoms with Crippen molar-refractivity contribution in [3.63, 3.8) is 0 Å². The molecule has 0 saturated heterocycles. The largest absolute Gasteiger partial charge is 0.388 e. The Labute approximate surface area is 133 Å². The summed E-state index contributed by atoms with van der Waals surface area (Å²) >= 11 is 6.06. The fourth-order valence-corrected chi connectivity index (χ4v) is 1.97. The van der Waals surface area contributed by atoms with Crippen LogP contribution in [0.1, 0.15) is 45.4 Å². The molecule has 0 aromatic heterocycles. The molecule has 0 heterocycles. The lowest BCUT2D eigenvalue weighted by atomic mass is 10.0. The Morgan fingerprint density at radius 2 is 1.67 bits per heavy atom. The Morgan fingerprint density at radius 3 is 2.29 bits per heavy atom. The van der Waals surface area contributed by atoms with E-state index in [0.717, 1.165) is 12.8 Å². The zero-order valence-electron chi connectivity index (χ0n) is 12.6. The van der Waals surface area contributed by atoms with E-state index < -0.39 is 23.7 Å². The van der Waals surface area contributed by atoms with Crippen LogP contribution in [0.2, 0.25) is 0 Å². The van der Waals surface area contributed by atoms with Gasteiger partial charge in [0, 0.05) is 0 Å². The van der Waals surface area contributed by atoms with E-state index in [1.54, 1.807) is 0 Å². The Hall–Kier alpha value is -0.970. The summed E-state index contributed by atoms with van der Waals surface area (Å²) in [4.78, 5) is 0. The van der Waals surface area contributed by atoms with Gasteiger partial charge in [0.1, 0.15) is 18.3 Å². The second-order valence-electron chi connectivity index (χ2n) is 4.87. The zero-order chi connectivity index (χ0) is 16.1. The lowest BCUT2D eigenvalue weighted by Crippen LogP contribution is -2.33. The van der Waals surface area contributed by atoms with Gasteiger partial charge < -0.3 is 15.3 Å². The van der Waals surface area contributed by atoms with E-state index >= 15 is 0 Å². The molecule has 0 aliphatic rings. The van der Waals surface area contributed by atoms with Crippen molar-refractivity contribution in [1.29, 1.82) is 0 Å². The van der Waals surface area contributed by atoms with Crippen LogP contribution in [0.15, 0.2) is 12.7 Å². The van der Waals surface area contributed by atoms with Gasteiger partial charge >= 0.3 is 0 Å². The van der Waals surface area contributed by atoms with Crippen LogP contribution >= 0.6 is 11.6 Å². The maximum atomic E-state index is 9.85. The standard InChI is InChI=1S/C17H25ClO3/c1-3-5-6-7-8-12-15(18)17(21)16(20)13-10-9-11-14(19)4-2/h4,14-17,19-21H,2-3,5-8,12H2,1H3/t14-,15-,16+,17-/m0/s1. The van der Waals surface area contributed by atoms with E-state index in [1.807, 2.05) is 0 Å². The molecule has 118 valence electrons. The first-order chi connectivity index (χ1) is 10.0. The van der Waals surface area contributed by atoms with Crippen LogP contribution in [0.3, 0.4) is 0 Å². The predicted molar refractivity (Wildman–Crippen MR) is 86.8 cm³/mol. The zero-order valence-corrected chi connectivity index (χ0v) is 13.3. The van der Waals surface area contributed by atoms with Crippen molar-refractivity contribution in [3.05, 3.63) is 12.7 Å². The number of unbranched alkanes of at least 4 members (excludes halogenated alkanes) is 4. The van der Waals surface area contributed by atoms with Gasteiger partial charge in [-0.15, -0.1) is 11.6 Å². The fourth-order valence-electron chi connectivity index (χ4n) is 1.68. The number of alkyl halides is 1. The molecule has 0 radical (unpaired) electrons. The summed E-state index contributed by atoms with van der Waals surface area (Å²) < 4.78 is 0. The molecule has 0 amide bonds. The molecule has 21 heavy (non-hydrogen) atoms. The van der Waals surface area contributed by atoms with Gasteiger partial charge in [0.25, 0.3) is 0 Å². The van der Waals surface area contributed by atoms with E-state index in [1.165, 1.54) is 25.3 Å². The monoisotopic (exact) mass is 312 g/mol. The van der Waals surface area contributed by atoms with Gasteiger partial charge in [0.2, 0.25) is 0 Å². The number of aliphatic hydroxyl groups excluding tert-OH is 3. The molecular formula is C17H25ClO3. The summed E-state index contributed by atoms with van der Waals surface area (Å²) in [5.74, 6) is 9.57. The van der Waals surface area contributed by atoms with Crippen LogP contribution in [0.25, 0.3) is 0 Å². The SMILES string of the molecule is C=C[C@H](O)C#CC#C[C@@H](O)[C@@H](O)[C@@H](Cl)CCCCCCC. The average Bonchev–Trinajstić information content (AvgIpc) is 2.49. The van der Waals surface area contributed by atoms with Gasteiger partial charge in [-0.05, 0) is 18.3 Å². The fraction of sp³-hybridized carbons (Fsp3) is 0.647. The summed E-state index contributed by atoms with van der Waals surface area (Å²) in [5.41, 5.74) is 0. The van der Waals surface area contributed by atoms with Crippen molar-refractivity contribution >= 4 is 11.6 Å². The van der Waals surface area contributed by atoms with Gasteiger partial charge in [-0.25, -0.2) is 0 Å². The Morgan fingerprint density at radius 1 is 1.05 bits per heavy atom. The Balaban J connectivity index is 4.11. The third-order valence-electron chi connectivity index (χ3n) is 3.00. The highest BCUT2D eigenvalue weighted by molar-refractivity contribution is 6.21. The minimum atomic E-state index is -1.24. The van der Waals surface area contributed by atoms with E-state index in [2.05, 4.69) is 37.2 Å². The minimum Gasteiger partial charge on any atom is -0.388 e. The smallest absolute Gasteiger partial charge is 0.142 e. The van der Waals surface area contributed by atoms with Gasteiger partial charge in [-0.1, -0.05) is 63.5 Å². The highest BCUT2D eigenvalue weighted by Gasteiger charge is 2.22. The lowest BCUT2D eigenvalue weighted by Gasteiger charge is -2.18. The van der Waals surface area contributed by atoms with Crippen molar-refractivity contribution < 1.29 is 15.3 Å². The topological polar surface area (TPSA) is 60.7 Å². The maximum absolute atomic E-state index is 9.85. The van der Waals surface area contributed by atoms with Crippen LogP contribution in [-0.4, -0.2) is 39.0 Å². The van der Waals surface area contributed by atoms with E-state index in [9.17, 15) is 10.2 Å². The molecule has 0 spiro atoms. The predicted octanol–water partition coefficient (Wildman–Crippen LogP) is 2.23. The molecule has 0 aromatic rings. The normalized spacial score (nSPS) is 15.7. The van der Waals surface area contributed by atoms with Crippen LogP contribution < -0.4 is 0 Å². The molecule has 3 N–H and O–H groups in total. The van der Waals surface area contributed by atoms with Crippen molar-refractivity contribution in [1.82, 2.24) is 0 Å². The molecule has 4 atom stereocenters. The summed E-state index contributed by atoms with van der Waals surface area (Å²) in [6.07, 6.45) is 4.20. The molecule has 0 unspecified atom stereocenters. The summed E-state index contributed by atoms with van der Waals surface area (Å²) in [6, 6.07) is 0. The first-order valence-electron chi connectivity index (χ1n) is 7.34. The first kappa shape index (κ1) is 20.0. The van der Waals surface area contributed by atoms with Gasteiger partial charge in [-0.2, -0.15) is 0 Å². The van der Waals surface area contributed by atoms with Crippen molar-refractivity contribution in [2.45, 2.75) is 69.1 Å². The molecular weight excluding hydrogens is 288 g/mol. The average molecular weight is 313 g/mol. The number of rotatable bonds is 9. The quantitative estimate of drug-likeness (QED) is 0.265. The van der Waals surface area contributed by atoms with Crippen LogP contribution in [0.5, 0.6) is 0 Å². The van der Waals surface area contributed by atoms with Gasteiger partial charge in [0.05, 0.1) is 5.38 Å². The highest BCUT2D eigenvalue weighted by Crippen LogP contribution is 2.16. The molecule has 0 aliphatic heterocycles. The second-order valence-corrected chi connectivity index (χ2v) is 5.43. The molecule has 3 nitrogen and oxygen atoms in total. The Kier molecular flexibility index (Phi) is 12.2.